The molecule has 1 unspecified atom stereocenters. The minimum absolute atomic E-state index is 0.0747. The van der Waals surface area contributed by atoms with Crippen molar-refractivity contribution in [2.75, 3.05) is 39.1 Å². The Morgan fingerprint density at radius 2 is 1.73 bits per heavy atom. The van der Waals surface area contributed by atoms with Crippen molar-refractivity contribution in [3.63, 3.8) is 0 Å². The molecular weight excluding hydrogens is 414 g/mol. The molecule has 0 bridgehead atoms. The van der Waals surface area contributed by atoms with Gasteiger partial charge in [-0.3, -0.25) is 5.32 Å². The number of anilines is 1. The number of carbonyl (C=O) groups is 1. The van der Waals surface area contributed by atoms with E-state index in [9.17, 15) is 4.79 Å². The summed E-state index contributed by atoms with van der Waals surface area (Å²) in [5, 5.41) is 11.3. The number of amidine groups is 1. The molecule has 7 heteroatoms. The highest BCUT2D eigenvalue weighted by atomic mass is 16.6. The minimum atomic E-state index is -0.621. The number of likely N-dealkylation sites (N-methyl/N-ethyl adjacent to an activating group) is 2. The SMILES string of the molecule is CC(C)C(C)C(=N)CC(=Nc1cccc(N(C)CCN(C)C)c1)NC(=O)Oc1ccccc1. The van der Waals surface area contributed by atoms with Crippen LogP contribution in [0.3, 0.4) is 0 Å². The number of nitrogens with zero attached hydrogens (tertiary/aromatic N) is 3. The summed E-state index contributed by atoms with van der Waals surface area (Å²) in [4.78, 5) is 21.5. The lowest BCUT2D eigenvalue weighted by atomic mass is 9.91. The lowest BCUT2D eigenvalue weighted by Crippen LogP contribution is -2.35. The monoisotopic (exact) mass is 451 g/mol. The highest BCUT2D eigenvalue weighted by Gasteiger charge is 2.18. The van der Waals surface area contributed by atoms with Crippen LogP contribution in [0.2, 0.25) is 0 Å². The second-order valence-corrected chi connectivity index (χ2v) is 8.87. The van der Waals surface area contributed by atoms with E-state index >= 15 is 0 Å². The van der Waals surface area contributed by atoms with Crippen molar-refractivity contribution in [1.29, 1.82) is 5.41 Å². The van der Waals surface area contributed by atoms with Gasteiger partial charge in [0.15, 0.2) is 0 Å². The molecule has 33 heavy (non-hydrogen) atoms. The molecule has 2 aromatic rings. The zero-order chi connectivity index (χ0) is 24.4. The number of carbonyl (C=O) groups excluding carboxylic acids is 1. The van der Waals surface area contributed by atoms with Gasteiger partial charge in [0.05, 0.1) is 5.69 Å². The molecule has 7 nitrogen and oxygen atoms in total. The number of para-hydroxylation sites is 1. The molecule has 0 fully saturated rings. The smallest absolute Gasteiger partial charge is 0.410 e. The maximum atomic E-state index is 12.5. The van der Waals surface area contributed by atoms with Crippen molar-refractivity contribution in [3.05, 3.63) is 54.6 Å². The third-order valence-electron chi connectivity index (χ3n) is 5.52. The third-order valence-corrected chi connectivity index (χ3v) is 5.52. The van der Waals surface area contributed by atoms with Crippen LogP contribution >= 0.6 is 0 Å². The summed E-state index contributed by atoms with van der Waals surface area (Å²) >= 11 is 0. The van der Waals surface area contributed by atoms with Gasteiger partial charge in [0.1, 0.15) is 11.6 Å². The van der Waals surface area contributed by atoms with E-state index < -0.39 is 6.09 Å². The summed E-state index contributed by atoms with van der Waals surface area (Å²) in [6.45, 7) is 8.01. The molecule has 0 saturated carbocycles. The van der Waals surface area contributed by atoms with Gasteiger partial charge in [0.2, 0.25) is 0 Å². The van der Waals surface area contributed by atoms with Crippen molar-refractivity contribution in [3.8, 4) is 5.75 Å². The van der Waals surface area contributed by atoms with E-state index in [1.807, 2.05) is 58.4 Å². The van der Waals surface area contributed by atoms with Crippen molar-refractivity contribution >= 4 is 29.0 Å². The molecule has 0 heterocycles. The van der Waals surface area contributed by atoms with E-state index in [-0.39, 0.29) is 12.3 Å². The highest BCUT2D eigenvalue weighted by Crippen LogP contribution is 2.22. The summed E-state index contributed by atoms with van der Waals surface area (Å²) in [5.74, 6) is 1.24. The number of hydrogen-bond donors (Lipinski definition) is 2. The number of benzene rings is 2. The normalized spacial score (nSPS) is 12.5. The zero-order valence-corrected chi connectivity index (χ0v) is 20.6. The van der Waals surface area contributed by atoms with Crippen LogP contribution in [0, 0.1) is 17.2 Å². The lowest BCUT2D eigenvalue weighted by Gasteiger charge is -2.22. The van der Waals surface area contributed by atoms with Gasteiger partial charge in [-0.2, -0.15) is 0 Å². The van der Waals surface area contributed by atoms with E-state index in [1.54, 1.807) is 24.3 Å². The van der Waals surface area contributed by atoms with Gasteiger partial charge in [0, 0.05) is 38.0 Å². The number of amides is 1. The molecule has 0 aromatic heterocycles. The first-order chi connectivity index (χ1) is 15.7. The third kappa shape index (κ3) is 9.06. The fourth-order valence-corrected chi connectivity index (χ4v) is 3.03. The van der Waals surface area contributed by atoms with Crippen molar-refractivity contribution in [1.82, 2.24) is 10.2 Å². The topological polar surface area (TPSA) is 81.0 Å². The second kappa shape index (κ2) is 12.7. The van der Waals surface area contributed by atoms with E-state index in [4.69, 9.17) is 10.1 Å². The zero-order valence-electron chi connectivity index (χ0n) is 20.6. The average Bonchev–Trinajstić information content (AvgIpc) is 2.77. The fraction of sp³-hybridized carbons (Fsp3) is 0.423. The van der Waals surface area contributed by atoms with Crippen LogP contribution in [0.4, 0.5) is 16.2 Å². The van der Waals surface area contributed by atoms with Crippen LogP contribution in [0.25, 0.3) is 0 Å². The second-order valence-electron chi connectivity index (χ2n) is 8.87. The molecule has 0 aliphatic rings. The van der Waals surface area contributed by atoms with Crippen LogP contribution in [0.5, 0.6) is 5.75 Å². The van der Waals surface area contributed by atoms with Gasteiger partial charge < -0.3 is 19.9 Å². The first-order valence-corrected chi connectivity index (χ1v) is 11.3. The maximum Gasteiger partial charge on any atom is 0.418 e. The van der Waals surface area contributed by atoms with E-state index in [1.165, 1.54) is 0 Å². The maximum absolute atomic E-state index is 12.5. The Hall–Kier alpha value is -3.19. The van der Waals surface area contributed by atoms with Crippen molar-refractivity contribution in [2.24, 2.45) is 16.8 Å². The molecular formula is C26H37N5O2. The summed E-state index contributed by atoms with van der Waals surface area (Å²) in [6, 6.07) is 16.7. The van der Waals surface area contributed by atoms with Crippen LogP contribution in [-0.2, 0) is 0 Å². The Morgan fingerprint density at radius 1 is 1.03 bits per heavy atom. The predicted molar refractivity (Wildman–Crippen MR) is 137 cm³/mol. The quantitative estimate of drug-likeness (QED) is 0.384. The largest absolute Gasteiger partial charge is 0.418 e. The Bertz CT molecular complexity index is 941. The van der Waals surface area contributed by atoms with Crippen LogP contribution in [-0.4, -0.2) is 56.8 Å². The van der Waals surface area contributed by atoms with Gasteiger partial charge in [-0.25, -0.2) is 9.79 Å². The molecule has 2 N–H and O–H groups in total. The Balaban J connectivity index is 2.23. The molecule has 0 radical (unpaired) electrons. The predicted octanol–water partition coefficient (Wildman–Crippen LogP) is 5.20. The first kappa shape index (κ1) is 26.1. The van der Waals surface area contributed by atoms with Gasteiger partial charge in [0.25, 0.3) is 0 Å². The summed E-state index contributed by atoms with van der Waals surface area (Å²) < 4.78 is 5.37. The average molecular weight is 452 g/mol. The molecule has 0 spiro atoms. The van der Waals surface area contributed by atoms with E-state index in [2.05, 4.69) is 34.0 Å². The Labute approximate surface area is 198 Å². The molecule has 178 valence electrons. The van der Waals surface area contributed by atoms with Crippen LogP contribution in [0.1, 0.15) is 27.2 Å². The molecule has 1 atom stereocenters. The summed E-state index contributed by atoms with van der Waals surface area (Å²) in [7, 11) is 6.14. The van der Waals surface area contributed by atoms with E-state index in [0.29, 0.717) is 28.9 Å². The van der Waals surface area contributed by atoms with Crippen molar-refractivity contribution in [2.45, 2.75) is 27.2 Å². The molecule has 2 aromatic carbocycles. The van der Waals surface area contributed by atoms with E-state index in [0.717, 1.165) is 18.8 Å². The Morgan fingerprint density at radius 3 is 2.36 bits per heavy atom. The van der Waals surface area contributed by atoms with Crippen molar-refractivity contribution < 1.29 is 9.53 Å². The summed E-state index contributed by atoms with van der Waals surface area (Å²) in [5.41, 5.74) is 2.27. The number of aliphatic imine (C=N–C) groups is 1. The number of rotatable bonds is 10. The lowest BCUT2D eigenvalue weighted by molar-refractivity contribution is 0.206. The minimum Gasteiger partial charge on any atom is -0.410 e. The Kier molecular flexibility index (Phi) is 10.1. The van der Waals surface area contributed by atoms with Gasteiger partial charge in [-0.15, -0.1) is 0 Å². The van der Waals surface area contributed by atoms with Crippen LogP contribution in [0.15, 0.2) is 59.6 Å². The van der Waals surface area contributed by atoms with Crippen LogP contribution < -0.4 is 15.0 Å². The number of nitrogens with one attached hydrogen (secondary N) is 2. The number of ether oxygens (including phenoxy) is 1. The molecule has 0 saturated heterocycles. The molecule has 0 aliphatic carbocycles. The summed E-state index contributed by atoms with van der Waals surface area (Å²) in [6.07, 6.45) is -0.381. The molecule has 1 amide bonds. The fourth-order valence-electron chi connectivity index (χ4n) is 3.03. The number of hydrogen-bond acceptors (Lipinski definition) is 6. The molecule has 0 aliphatic heterocycles. The van der Waals surface area contributed by atoms with Gasteiger partial charge >= 0.3 is 6.09 Å². The molecule has 2 rings (SSSR count). The van der Waals surface area contributed by atoms with Gasteiger partial charge in [-0.05, 0) is 56.3 Å². The first-order valence-electron chi connectivity index (χ1n) is 11.3. The standard InChI is InChI=1S/C26H37N5O2/c1-19(2)20(3)24(27)18-25(29-26(32)33-23-13-8-7-9-14-23)28-21-11-10-12-22(17-21)31(6)16-15-30(4)5/h7-14,17,19-20,27H,15-16,18H2,1-6H3,(H,28,29,32). The highest BCUT2D eigenvalue weighted by molar-refractivity contribution is 6.08. The van der Waals surface area contributed by atoms with Gasteiger partial charge in [-0.1, -0.05) is 45.0 Å².